The van der Waals surface area contributed by atoms with Gasteiger partial charge >= 0.3 is 0 Å². The van der Waals surface area contributed by atoms with Gasteiger partial charge in [0.2, 0.25) is 10.0 Å². The monoisotopic (exact) mass is 438 g/mol. The number of rotatable bonds is 5. The van der Waals surface area contributed by atoms with Crippen molar-refractivity contribution in [2.24, 2.45) is 0 Å². The highest BCUT2D eigenvalue weighted by Gasteiger charge is 2.26. The number of hydrogen-bond donors (Lipinski definition) is 1. The van der Waals surface area contributed by atoms with Crippen LogP contribution in [0.1, 0.15) is 23.2 Å². The van der Waals surface area contributed by atoms with Crippen molar-refractivity contribution in [3.8, 4) is 5.75 Å². The van der Waals surface area contributed by atoms with Crippen LogP contribution in [0.4, 0.5) is 5.69 Å². The number of nitrogens with zero attached hydrogens (tertiary/aromatic N) is 1. The molecule has 0 saturated carbocycles. The van der Waals surface area contributed by atoms with Crippen molar-refractivity contribution in [1.29, 1.82) is 0 Å². The summed E-state index contributed by atoms with van der Waals surface area (Å²) in [6.07, 6.45) is 1.79. The smallest absolute Gasteiger partial charge is 0.255 e. The van der Waals surface area contributed by atoms with Gasteiger partial charge in [-0.05, 0) is 71.2 Å². The Morgan fingerprint density at radius 1 is 1.12 bits per heavy atom. The van der Waals surface area contributed by atoms with Crippen molar-refractivity contribution in [2.45, 2.75) is 17.7 Å². The van der Waals surface area contributed by atoms with Gasteiger partial charge in [0, 0.05) is 24.3 Å². The van der Waals surface area contributed by atoms with Gasteiger partial charge in [0.1, 0.15) is 5.75 Å². The third-order valence-corrected chi connectivity index (χ3v) is 6.80. The lowest BCUT2D eigenvalue weighted by Crippen LogP contribution is -2.27. The van der Waals surface area contributed by atoms with Crippen LogP contribution in [-0.4, -0.2) is 38.8 Å². The lowest BCUT2D eigenvalue weighted by Gasteiger charge is -2.15. The lowest BCUT2D eigenvalue weighted by atomic mass is 10.2. The van der Waals surface area contributed by atoms with Crippen molar-refractivity contribution < 1.29 is 17.9 Å². The fourth-order valence-electron chi connectivity index (χ4n) is 2.79. The number of amides is 1. The predicted molar refractivity (Wildman–Crippen MR) is 103 cm³/mol. The Labute approximate surface area is 161 Å². The zero-order valence-electron chi connectivity index (χ0n) is 14.2. The normalized spacial score (nSPS) is 15.0. The molecule has 26 heavy (non-hydrogen) atoms. The zero-order chi connectivity index (χ0) is 18.7. The Bertz CT molecular complexity index is 907. The van der Waals surface area contributed by atoms with Crippen LogP contribution in [-0.2, 0) is 10.0 Å². The van der Waals surface area contributed by atoms with E-state index in [0.717, 1.165) is 17.3 Å². The number of halogens is 1. The molecule has 2 aromatic carbocycles. The highest BCUT2D eigenvalue weighted by Crippen LogP contribution is 2.26. The maximum atomic E-state index is 12.5. The molecule has 2 aromatic rings. The predicted octanol–water partition coefficient (Wildman–Crippen LogP) is 3.49. The number of carbonyl (C=O) groups excluding carboxylic acids is 1. The van der Waals surface area contributed by atoms with Crippen LogP contribution in [0.5, 0.6) is 5.75 Å². The summed E-state index contributed by atoms with van der Waals surface area (Å²) in [6, 6.07) is 11.3. The van der Waals surface area contributed by atoms with Crippen LogP contribution in [0.3, 0.4) is 0 Å². The number of nitrogens with one attached hydrogen (secondary N) is 1. The Kier molecular flexibility index (Phi) is 5.64. The second-order valence-corrected chi connectivity index (χ2v) is 8.73. The van der Waals surface area contributed by atoms with Gasteiger partial charge in [0.25, 0.3) is 5.91 Å². The summed E-state index contributed by atoms with van der Waals surface area (Å²) in [5, 5.41) is 2.76. The molecule has 0 bridgehead atoms. The number of methoxy groups -OCH3 is 1. The number of anilines is 1. The van der Waals surface area contributed by atoms with Gasteiger partial charge in [-0.2, -0.15) is 4.31 Å². The van der Waals surface area contributed by atoms with Crippen LogP contribution in [0.25, 0.3) is 0 Å². The second-order valence-electron chi connectivity index (χ2n) is 5.94. The fraction of sp³-hybridized carbons (Fsp3) is 0.278. The summed E-state index contributed by atoms with van der Waals surface area (Å²) in [4.78, 5) is 12.6. The van der Waals surface area contributed by atoms with E-state index in [-0.39, 0.29) is 10.8 Å². The quantitative estimate of drug-likeness (QED) is 0.774. The van der Waals surface area contributed by atoms with E-state index in [2.05, 4.69) is 21.2 Å². The Morgan fingerprint density at radius 3 is 2.38 bits per heavy atom. The van der Waals surface area contributed by atoms with Gasteiger partial charge in [0.15, 0.2) is 0 Å². The highest BCUT2D eigenvalue weighted by molar-refractivity contribution is 9.10. The zero-order valence-corrected chi connectivity index (χ0v) is 16.6. The van der Waals surface area contributed by atoms with Crippen molar-refractivity contribution in [3.63, 3.8) is 0 Å². The minimum atomic E-state index is -3.45. The molecule has 0 spiro atoms. The van der Waals surface area contributed by atoms with Crippen molar-refractivity contribution in [3.05, 3.63) is 52.5 Å². The maximum absolute atomic E-state index is 12.5. The Morgan fingerprint density at radius 2 is 1.77 bits per heavy atom. The molecule has 0 aromatic heterocycles. The summed E-state index contributed by atoms with van der Waals surface area (Å²) in [7, 11) is -1.92. The molecule has 1 N–H and O–H groups in total. The number of ether oxygens (including phenoxy) is 1. The van der Waals surface area contributed by atoms with E-state index in [1.165, 1.54) is 23.5 Å². The summed E-state index contributed by atoms with van der Waals surface area (Å²) in [5.41, 5.74) is 0.969. The molecule has 1 aliphatic heterocycles. The summed E-state index contributed by atoms with van der Waals surface area (Å²) < 4.78 is 32.5. The molecule has 8 heteroatoms. The molecule has 6 nitrogen and oxygen atoms in total. The van der Waals surface area contributed by atoms with Crippen LogP contribution < -0.4 is 10.1 Å². The fourth-order valence-corrected chi connectivity index (χ4v) is 4.72. The Balaban J connectivity index is 1.74. The third-order valence-electron chi connectivity index (χ3n) is 4.23. The number of hydrogen-bond acceptors (Lipinski definition) is 4. The van der Waals surface area contributed by atoms with E-state index in [0.29, 0.717) is 30.1 Å². The molecule has 1 saturated heterocycles. The molecule has 1 fully saturated rings. The molecular weight excluding hydrogens is 420 g/mol. The molecule has 138 valence electrons. The molecule has 0 aliphatic carbocycles. The molecule has 0 radical (unpaired) electrons. The van der Waals surface area contributed by atoms with E-state index in [4.69, 9.17) is 4.74 Å². The molecule has 0 atom stereocenters. The van der Waals surface area contributed by atoms with Crippen molar-refractivity contribution in [2.75, 3.05) is 25.5 Å². The molecule has 1 amide bonds. The average molecular weight is 439 g/mol. The molecule has 3 rings (SSSR count). The van der Waals surface area contributed by atoms with E-state index in [1.54, 1.807) is 30.3 Å². The first-order chi connectivity index (χ1) is 12.4. The van der Waals surface area contributed by atoms with Gasteiger partial charge in [-0.25, -0.2) is 8.42 Å². The number of carbonyl (C=O) groups is 1. The van der Waals surface area contributed by atoms with Gasteiger partial charge in [-0.3, -0.25) is 4.79 Å². The topological polar surface area (TPSA) is 75.7 Å². The van der Waals surface area contributed by atoms with Crippen LogP contribution in [0.2, 0.25) is 0 Å². The molecule has 0 unspecified atom stereocenters. The van der Waals surface area contributed by atoms with Gasteiger partial charge in [-0.15, -0.1) is 0 Å². The Hall–Kier alpha value is -1.90. The average Bonchev–Trinajstić information content (AvgIpc) is 3.18. The van der Waals surface area contributed by atoms with E-state index >= 15 is 0 Å². The van der Waals surface area contributed by atoms with Gasteiger partial charge in [0.05, 0.1) is 16.5 Å². The first-order valence-electron chi connectivity index (χ1n) is 8.17. The minimum Gasteiger partial charge on any atom is -0.496 e. The minimum absolute atomic E-state index is 0.239. The molecular formula is C18H19BrN2O4S. The van der Waals surface area contributed by atoms with Crippen LogP contribution in [0.15, 0.2) is 51.8 Å². The first-order valence-corrected chi connectivity index (χ1v) is 10.4. The maximum Gasteiger partial charge on any atom is 0.255 e. The lowest BCUT2D eigenvalue weighted by molar-refractivity contribution is 0.102. The molecule has 1 heterocycles. The first kappa shape index (κ1) is 18.9. The standard InChI is InChI=1S/C18H19BrN2O4S/c1-25-17-12-13(4-9-16(17)19)18(22)20-14-5-7-15(8-6-14)26(23,24)21-10-2-3-11-21/h4-9,12H,2-3,10-11H2,1H3,(H,20,22). The van der Waals surface area contributed by atoms with Crippen LogP contribution >= 0.6 is 15.9 Å². The van der Waals surface area contributed by atoms with Crippen molar-refractivity contribution in [1.82, 2.24) is 4.31 Å². The number of sulfonamides is 1. The summed E-state index contributed by atoms with van der Waals surface area (Å²) in [5.74, 6) is 0.260. The van der Waals surface area contributed by atoms with Crippen molar-refractivity contribution >= 4 is 37.5 Å². The van der Waals surface area contributed by atoms with Crippen LogP contribution in [0, 0.1) is 0 Å². The third kappa shape index (κ3) is 3.92. The van der Waals surface area contributed by atoms with E-state index in [1.807, 2.05) is 0 Å². The van der Waals surface area contributed by atoms with E-state index in [9.17, 15) is 13.2 Å². The summed E-state index contributed by atoms with van der Waals surface area (Å²) >= 11 is 3.34. The molecule has 1 aliphatic rings. The number of benzene rings is 2. The highest BCUT2D eigenvalue weighted by atomic mass is 79.9. The SMILES string of the molecule is COc1cc(C(=O)Nc2ccc(S(=O)(=O)N3CCCC3)cc2)ccc1Br. The second kappa shape index (κ2) is 7.77. The van der Waals surface area contributed by atoms with Gasteiger partial charge < -0.3 is 10.1 Å². The summed E-state index contributed by atoms with van der Waals surface area (Å²) in [6.45, 7) is 1.12. The largest absolute Gasteiger partial charge is 0.496 e. The van der Waals surface area contributed by atoms with E-state index < -0.39 is 10.0 Å². The van der Waals surface area contributed by atoms with Gasteiger partial charge in [-0.1, -0.05) is 0 Å².